The van der Waals surface area contributed by atoms with Crippen molar-refractivity contribution in [2.45, 2.75) is 97.8 Å². The predicted molar refractivity (Wildman–Crippen MR) is 99.0 cm³/mol. The molecule has 0 bridgehead atoms. The van der Waals surface area contributed by atoms with E-state index in [-0.39, 0.29) is 7.43 Å². The average Bonchev–Trinajstić information content (AvgIpc) is 2.53. The highest BCUT2D eigenvalue weighted by Crippen LogP contribution is 2.43. The quantitative estimate of drug-likeness (QED) is 0.466. The summed E-state index contributed by atoms with van der Waals surface area (Å²) in [6.07, 6.45) is 24.6. The Morgan fingerprint density at radius 3 is 2.00 bits per heavy atom. The maximum atomic E-state index is 2.61. The minimum absolute atomic E-state index is 0. The summed E-state index contributed by atoms with van der Waals surface area (Å²) in [6, 6.07) is 0. The first-order valence-electron chi connectivity index (χ1n) is 9.99. The lowest BCUT2D eigenvalue weighted by atomic mass is 9.67. The Kier molecular flexibility index (Phi) is 7.51. The van der Waals surface area contributed by atoms with Crippen LogP contribution in [0.2, 0.25) is 0 Å². The topological polar surface area (TPSA) is 0 Å². The zero-order valence-electron chi connectivity index (χ0n) is 14.2. The number of hydrogen-bond acceptors (Lipinski definition) is 0. The van der Waals surface area contributed by atoms with Gasteiger partial charge in [-0.15, -0.1) is 0 Å². The molecule has 0 N–H and O–H groups in total. The molecule has 128 valence electrons. The van der Waals surface area contributed by atoms with Gasteiger partial charge in [0, 0.05) is 0 Å². The molecule has 0 heteroatoms. The second-order valence-corrected chi connectivity index (χ2v) is 8.42. The molecule has 3 aliphatic carbocycles. The van der Waals surface area contributed by atoms with Crippen LogP contribution in [0.15, 0.2) is 12.2 Å². The monoisotopic (exact) mass is 304 g/mol. The van der Waals surface area contributed by atoms with Crippen molar-refractivity contribution in [1.82, 2.24) is 0 Å². The van der Waals surface area contributed by atoms with Crippen molar-refractivity contribution in [2.75, 3.05) is 0 Å². The molecular formula is C22H40. The van der Waals surface area contributed by atoms with Crippen LogP contribution in [-0.2, 0) is 0 Å². The summed E-state index contributed by atoms with van der Waals surface area (Å²) >= 11 is 0. The zero-order valence-corrected chi connectivity index (χ0v) is 14.2. The Morgan fingerprint density at radius 2 is 1.27 bits per heavy atom. The Labute approximate surface area is 140 Å². The molecule has 3 aliphatic rings. The van der Waals surface area contributed by atoms with Crippen LogP contribution in [0.1, 0.15) is 97.8 Å². The first kappa shape index (κ1) is 18.1. The van der Waals surface area contributed by atoms with Crippen molar-refractivity contribution >= 4 is 0 Å². The standard InChI is InChI=1S/C21H36.CH4/c1-17-7-5-6-10-19(12-11-17)21-15-13-20(14-16-21)18-8-3-2-4-9-18;/h6,10,17-21H,2-5,7-9,11-16H2,1H3;1H4. The van der Waals surface area contributed by atoms with Crippen molar-refractivity contribution in [3.05, 3.63) is 12.2 Å². The second-order valence-electron chi connectivity index (χ2n) is 8.42. The average molecular weight is 305 g/mol. The summed E-state index contributed by atoms with van der Waals surface area (Å²) in [6.45, 7) is 2.45. The van der Waals surface area contributed by atoms with Gasteiger partial charge in [0.2, 0.25) is 0 Å². The molecule has 2 unspecified atom stereocenters. The van der Waals surface area contributed by atoms with E-state index >= 15 is 0 Å². The molecule has 3 rings (SSSR count). The lowest BCUT2D eigenvalue weighted by Gasteiger charge is -2.38. The molecule has 0 aliphatic heterocycles. The summed E-state index contributed by atoms with van der Waals surface area (Å²) < 4.78 is 0. The van der Waals surface area contributed by atoms with Crippen molar-refractivity contribution in [3.8, 4) is 0 Å². The molecular weight excluding hydrogens is 264 g/mol. The van der Waals surface area contributed by atoms with Crippen LogP contribution in [0, 0.1) is 29.6 Å². The minimum atomic E-state index is 0. The molecule has 0 saturated heterocycles. The highest BCUT2D eigenvalue weighted by atomic mass is 14.4. The third kappa shape index (κ3) is 4.87. The van der Waals surface area contributed by atoms with Gasteiger partial charge < -0.3 is 0 Å². The van der Waals surface area contributed by atoms with Gasteiger partial charge in [-0.3, -0.25) is 0 Å². The normalized spacial score (nSPS) is 37.9. The summed E-state index contributed by atoms with van der Waals surface area (Å²) in [7, 11) is 0. The van der Waals surface area contributed by atoms with Crippen molar-refractivity contribution in [3.63, 3.8) is 0 Å². The minimum Gasteiger partial charge on any atom is -0.0882 e. The molecule has 0 radical (unpaired) electrons. The van der Waals surface area contributed by atoms with Crippen LogP contribution in [0.4, 0.5) is 0 Å². The molecule has 0 spiro atoms. The van der Waals surface area contributed by atoms with Gasteiger partial charge in [-0.25, -0.2) is 0 Å². The Bertz CT molecular complexity index is 315. The highest BCUT2D eigenvalue weighted by molar-refractivity contribution is 4.95. The van der Waals surface area contributed by atoms with Crippen LogP contribution >= 0.6 is 0 Å². The van der Waals surface area contributed by atoms with Crippen LogP contribution in [0.5, 0.6) is 0 Å². The van der Waals surface area contributed by atoms with Gasteiger partial charge in [-0.1, -0.05) is 65.0 Å². The fourth-order valence-corrected chi connectivity index (χ4v) is 5.41. The zero-order chi connectivity index (χ0) is 14.5. The molecule has 2 fully saturated rings. The Morgan fingerprint density at radius 1 is 0.636 bits per heavy atom. The van der Waals surface area contributed by atoms with E-state index < -0.39 is 0 Å². The first-order valence-corrected chi connectivity index (χ1v) is 9.99. The number of hydrogen-bond donors (Lipinski definition) is 0. The van der Waals surface area contributed by atoms with E-state index in [1.807, 2.05) is 0 Å². The summed E-state index contributed by atoms with van der Waals surface area (Å²) in [5, 5.41) is 0. The van der Waals surface area contributed by atoms with Gasteiger partial charge in [0.1, 0.15) is 0 Å². The maximum Gasteiger partial charge on any atom is -0.0205 e. The summed E-state index contributed by atoms with van der Waals surface area (Å²) in [5.41, 5.74) is 0. The summed E-state index contributed by atoms with van der Waals surface area (Å²) in [4.78, 5) is 0. The van der Waals surface area contributed by atoms with Gasteiger partial charge in [-0.05, 0) is 74.5 Å². The van der Waals surface area contributed by atoms with Crippen LogP contribution in [-0.4, -0.2) is 0 Å². The first-order chi connectivity index (χ1) is 10.3. The van der Waals surface area contributed by atoms with E-state index in [1.165, 1.54) is 57.8 Å². The van der Waals surface area contributed by atoms with E-state index in [9.17, 15) is 0 Å². The SMILES string of the molecule is C.CC1CCC=CC(C2CCC(C3CCCCC3)CC2)CC1. The van der Waals surface area contributed by atoms with Gasteiger partial charge in [-0.2, -0.15) is 0 Å². The number of allylic oxidation sites excluding steroid dienone is 2. The van der Waals surface area contributed by atoms with Crippen LogP contribution < -0.4 is 0 Å². The lowest BCUT2D eigenvalue weighted by molar-refractivity contribution is 0.145. The molecule has 0 heterocycles. The summed E-state index contributed by atoms with van der Waals surface area (Å²) in [5.74, 6) is 5.09. The molecule has 0 aromatic heterocycles. The van der Waals surface area contributed by atoms with E-state index in [0.29, 0.717) is 0 Å². The molecule has 2 atom stereocenters. The number of rotatable bonds is 2. The van der Waals surface area contributed by atoms with Gasteiger partial charge >= 0.3 is 0 Å². The Hall–Kier alpha value is -0.260. The van der Waals surface area contributed by atoms with E-state index in [0.717, 1.165) is 29.6 Å². The molecule has 0 amide bonds. The van der Waals surface area contributed by atoms with Gasteiger partial charge in [0.15, 0.2) is 0 Å². The smallest absolute Gasteiger partial charge is 0.0205 e. The highest BCUT2D eigenvalue weighted by Gasteiger charge is 2.31. The molecule has 2 saturated carbocycles. The third-order valence-corrected chi connectivity index (χ3v) is 6.94. The van der Waals surface area contributed by atoms with E-state index in [4.69, 9.17) is 0 Å². The van der Waals surface area contributed by atoms with Gasteiger partial charge in [0.25, 0.3) is 0 Å². The molecule has 0 aromatic rings. The second kappa shape index (κ2) is 9.14. The van der Waals surface area contributed by atoms with Crippen molar-refractivity contribution in [2.24, 2.45) is 29.6 Å². The maximum absolute atomic E-state index is 2.61. The Balaban J connectivity index is 0.00000176. The van der Waals surface area contributed by atoms with E-state index in [2.05, 4.69) is 19.1 Å². The molecule has 0 nitrogen and oxygen atoms in total. The van der Waals surface area contributed by atoms with Crippen molar-refractivity contribution in [1.29, 1.82) is 0 Å². The van der Waals surface area contributed by atoms with Crippen molar-refractivity contribution < 1.29 is 0 Å². The van der Waals surface area contributed by atoms with E-state index in [1.54, 1.807) is 25.7 Å². The van der Waals surface area contributed by atoms with Crippen LogP contribution in [0.25, 0.3) is 0 Å². The molecule has 0 aromatic carbocycles. The predicted octanol–water partition coefficient (Wildman–Crippen LogP) is 7.39. The van der Waals surface area contributed by atoms with Gasteiger partial charge in [0.05, 0.1) is 0 Å². The van der Waals surface area contributed by atoms with Crippen LogP contribution in [0.3, 0.4) is 0 Å². The fourth-order valence-electron chi connectivity index (χ4n) is 5.41. The fraction of sp³-hybridized carbons (Fsp3) is 0.909. The lowest BCUT2D eigenvalue weighted by Crippen LogP contribution is -2.26. The molecule has 22 heavy (non-hydrogen) atoms. The third-order valence-electron chi connectivity index (χ3n) is 6.94. The largest absolute Gasteiger partial charge is 0.0882 e.